The standard InChI is InChI=1S/C11H14N2O3/c1-6-11(3,4)16-9-8(10(14)15)7(2)12-13(9)5/h1H,2-5H3,(H,14,15). The predicted octanol–water partition coefficient (Wildman–Crippen LogP) is 1.22. The van der Waals surface area contributed by atoms with Crippen LogP contribution in [0.4, 0.5) is 0 Å². The van der Waals surface area contributed by atoms with E-state index in [0.29, 0.717) is 5.69 Å². The Balaban J connectivity index is 3.24. The first-order chi connectivity index (χ1) is 7.28. The summed E-state index contributed by atoms with van der Waals surface area (Å²) in [6.45, 7) is 4.97. The molecule has 0 bridgehead atoms. The van der Waals surface area contributed by atoms with Crippen molar-refractivity contribution in [3.05, 3.63) is 11.3 Å². The third-order valence-corrected chi connectivity index (χ3v) is 2.08. The SMILES string of the molecule is C#CC(C)(C)Oc1c(C(=O)O)c(C)nn1C. The van der Waals surface area contributed by atoms with Crippen molar-refractivity contribution >= 4 is 5.97 Å². The van der Waals surface area contributed by atoms with Crippen molar-refractivity contribution in [2.75, 3.05) is 0 Å². The van der Waals surface area contributed by atoms with Crippen LogP contribution < -0.4 is 4.74 Å². The molecule has 0 saturated heterocycles. The number of carboxylic acid groups (broad SMARTS) is 1. The lowest BCUT2D eigenvalue weighted by Crippen LogP contribution is -2.27. The van der Waals surface area contributed by atoms with Crippen LogP contribution >= 0.6 is 0 Å². The zero-order chi connectivity index (χ0) is 12.5. The van der Waals surface area contributed by atoms with Gasteiger partial charge in [0.2, 0.25) is 5.88 Å². The molecule has 0 spiro atoms. The second-order valence-corrected chi connectivity index (χ2v) is 3.95. The minimum absolute atomic E-state index is 0.0471. The summed E-state index contributed by atoms with van der Waals surface area (Å²) in [5.74, 6) is 1.53. The van der Waals surface area contributed by atoms with Gasteiger partial charge in [0.25, 0.3) is 0 Å². The Morgan fingerprint density at radius 3 is 2.62 bits per heavy atom. The van der Waals surface area contributed by atoms with Gasteiger partial charge >= 0.3 is 5.97 Å². The van der Waals surface area contributed by atoms with E-state index in [1.54, 1.807) is 27.8 Å². The third-order valence-electron chi connectivity index (χ3n) is 2.08. The molecule has 1 aromatic heterocycles. The third kappa shape index (κ3) is 2.16. The average molecular weight is 222 g/mol. The molecule has 16 heavy (non-hydrogen) atoms. The Bertz CT molecular complexity index is 466. The van der Waals surface area contributed by atoms with Gasteiger partial charge in [0.05, 0.1) is 5.69 Å². The van der Waals surface area contributed by atoms with Gasteiger partial charge < -0.3 is 9.84 Å². The van der Waals surface area contributed by atoms with Gasteiger partial charge in [-0.05, 0) is 20.8 Å². The van der Waals surface area contributed by atoms with Gasteiger partial charge in [0.15, 0.2) is 5.60 Å². The molecule has 86 valence electrons. The van der Waals surface area contributed by atoms with Crippen molar-refractivity contribution in [3.63, 3.8) is 0 Å². The van der Waals surface area contributed by atoms with Gasteiger partial charge in [-0.3, -0.25) is 0 Å². The van der Waals surface area contributed by atoms with E-state index in [1.165, 1.54) is 4.68 Å². The predicted molar refractivity (Wildman–Crippen MR) is 58.4 cm³/mol. The number of aromatic carboxylic acids is 1. The number of nitrogens with zero attached hydrogens (tertiary/aromatic N) is 2. The summed E-state index contributed by atoms with van der Waals surface area (Å²) in [4.78, 5) is 11.0. The highest BCUT2D eigenvalue weighted by molar-refractivity contribution is 5.91. The molecule has 0 fully saturated rings. The average Bonchev–Trinajstić information content (AvgIpc) is 2.41. The summed E-state index contributed by atoms with van der Waals surface area (Å²) >= 11 is 0. The quantitative estimate of drug-likeness (QED) is 0.781. The lowest BCUT2D eigenvalue weighted by atomic mass is 10.1. The number of ether oxygens (including phenoxy) is 1. The van der Waals surface area contributed by atoms with Crippen molar-refractivity contribution in [1.82, 2.24) is 9.78 Å². The second kappa shape index (κ2) is 3.89. The van der Waals surface area contributed by atoms with Crippen molar-refractivity contribution < 1.29 is 14.6 Å². The molecule has 5 nitrogen and oxygen atoms in total. The largest absolute Gasteiger partial charge is 0.477 e. The lowest BCUT2D eigenvalue weighted by Gasteiger charge is -2.20. The molecule has 0 unspecified atom stereocenters. The van der Waals surface area contributed by atoms with Gasteiger partial charge in [-0.15, -0.1) is 6.42 Å². The molecule has 0 amide bonds. The van der Waals surface area contributed by atoms with Crippen LogP contribution in [0.2, 0.25) is 0 Å². The fraction of sp³-hybridized carbons (Fsp3) is 0.455. The molecule has 0 saturated carbocycles. The first-order valence-corrected chi connectivity index (χ1v) is 4.72. The monoisotopic (exact) mass is 222 g/mol. The lowest BCUT2D eigenvalue weighted by molar-refractivity contribution is 0.0684. The van der Waals surface area contributed by atoms with Crippen LogP contribution in [-0.4, -0.2) is 26.5 Å². The van der Waals surface area contributed by atoms with Crippen LogP contribution in [0.1, 0.15) is 29.9 Å². The van der Waals surface area contributed by atoms with E-state index >= 15 is 0 Å². The van der Waals surface area contributed by atoms with E-state index in [4.69, 9.17) is 16.3 Å². The minimum Gasteiger partial charge on any atom is -0.477 e. The van der Waals surface area contributed by atoms with Crippen LogP contribution in [0.25, 0.3) is 0 Å². The van der Waals surface area contributed by atoms with Crippen molar-refractivity contribution in [1.29, 1.82) is 0 Å². The fourth-order valence-electron chi connectivity index (χ4n) is 1.27. The van der Waals surface area contributed by atoms with Crippen LogP contribution in [-0.2, 0) is 7.05 Å². The van der Waals surface area contributed by atoms with Gasteiger partial charge in [-0.2, -0.15) is 5.10 Å². The Morgan fingerprint density at radius 2 is 2.19 bits per heavy atom. The number of rotatable bonds is 3. The highest BCUT2D eigenvalue weighted by atomic mass is 16.5. The number of carboxylic acids is 1. The van der Waals surface area contributed by atoms with Crippen LogP contribution in [0.15, 0.2) is 0 Å². The molecule has 0 atom stereocenters. The molecule has 1 heterocycles. The number of terminal acetylenes is 1. The smallest absolute Gasteiger partial charge is 0.343 e. The maximum absolute atomic E-state index is 11.0. The summed E-state index contributed by atoms with van der Waals surface area (Å²) in [7, 11) is 1.61. The Morgan fingerprint density at radius 1 is 1.62 bits per heavy atom. The molecule has 1 rings (SSSR count). The highest BCUT2D eigenvalue weighted by Gasteiger charge is 2.26. The summed E-state index contributed by atoms with van der Waals surface area (Å²) in [5.41, 5.74) is -0.423. The van der Waals surface area contributed by atoms with Crippen molar-refractivity contribution in [3.8, 4) is 18.2 Å². The van der Waals surface area contributed by atoms with Crippen molar-refractivity contribution in [2.24, 2.45) is 7.05 Å². The topological polar surface area (TPSA) is 64.3 Å². The van der Waals surface area contributed by atoms with E-state index in [-0.39, 0.29) is 11.4 Å². The van der Waals surface area contributed by atoms with E-state index in [9.17, 15) is 4.79 Å². The molecule has 0 radical (unpaired) electrons. The number of hydrogen-bond acceptors (Lipinski definition) is 3. The number of aromatic nitrogens is 2. The summed E-state index contributed by atoms with van der Waals surface area (Å²) in [6, 6.07) is 0. The first-order valence-electron chi connectivity index (χ1n) is 4.72. The molecular weight excluding hydrogens is 208 g/mol. The van der Waals surface area contributed by atoms with Crippen LogP contribution in [0.5, 0.6) is 5.88 Å². The number of hydrogen-bond donors (Lipinski definition) is 1. The molecule has 0 aliphatic carbocycles. The molecule has 0 aliphatic heterocycles. The summed E-state index contributed by atoms with van der Waals surface area (Å²) in [5, 5.41) is 13.0. The normalized spacial score (nSPS) is 10.9. The maximum Gasteiger partial charge on any atom is 0.343 e. The van der Waals surface area contributed by atoms with Gasteiger partial charge in [0.1, 0.15) is 5.56 Å². The number of aryl methyl sites for hydroxylation is 2. The van der Waals surface area contributed by atoms with E-state index in [2.05, 4.69) is 11.0 Å². The molecule has 5 heteroatoms. The number of carbonyl (C=O) groups is 1. The van der Waals surface area contributed by atoms with Gasteiger partial charge in [0, 0.05) is 7.05 Å². The Kier molecular flexibility index (Phi) is 2.95. The van der Waals surface area contributed by atoms with Gasteiger partial charge in [-0.1, -0.05) is 5.92 Å². The fourth-order valence-corrected chi connectivity index (χ4v) is 1.27. The molecule has 1 aromatic rings. The Hall–Kier alpha value is -1.96. The maximum atomic E-state index is 11.0. The van der Waals surface area contributed by atoms with Crippen molar-refractivity contribution in [2.45, 2.75) is 26.4 Å². The molecular formula is C11H14N2O3. The Labute approximate surface area is 94.0 Å². The van der Waals surface area contributed by atoms with E-state index in [1.807, 2.05) is 0 Å². The highest BCUT2D eigenvalue weighted by Crippen LogP contribution is 2.25. The first kappa shape index (κ1) is 12.1. The van der Waals surface area contributed by atoms with Gasteiger partial charge in [-0.25, -0.2) is 9.48 Å². The molecule has 0 aromatic carbocycles. The molecule has 0 aliphatic rings. The summed E-state index contributed by atoms with van der Waals surface area (Å²) < 4.78 is 6.85. The van der Waals surface area contributed by atoms with E-state index < -0.39 is 11.6 Å². The van der Waals surface area contributed by atoms with Crippen LogP contribution in [0.3, 0.4) is 0 Å². The van der Waals surface area contributed by atoms with Crippen LogP contribution in [0, 0.1) is 19.3 Å². The second-order valence-electron chi connectivity index (χ2n) is 3.95. The summed E-state index contributed by atoms with van der Waals surface area (Å²) in [6.07, 6.45) is 5.29. The molecule has 1 N–H and O–H groups in total. The zero-order valence-electron chi connectivity index (χ0n) is 9.74. The zero-order valence-corrected chi connectivity index (χ0v) is 9.74. The minimum atomic E-state index is -1.08. The van der Waals surface area contributed by atoms with E-state index in [0.717, 1.165) is 0 Å².